The Morgan fingerprint density at radius 3 is 2.49 bits per heavy atom. The number of carbonyl (C=O) groups excluding carboxylic acids is 3. The monoisotopic (exact) mass is 552 g/mol. The van der Waals surface area contributed by atoms with E-state index in [1.165, 1.54) is 19.1 Å². The standard InChI is InChI=1S/C28H34F2O9/c1-24(2)38-21-11-15-16-10-18(29)17-9-14(31)7-8-25(17,3)27(16,30)19(32)12-26(15,4)28(21,39-24)20(33)13-37-23(36)6-5-22(34)35/h7-9,15-16,18-19,21,32H,5-6,10-13H2,1-4H3,(H,34,35)/t15?,16?,18-,19-,21+,25-,26-,27-,28+/m0/s1. The van der Waals surface area contributed by atoms with Crippen LogP contribution in [0.4, 0.5) is 8.78 Å². The Labute approximate surface area is 224 Å². The Morgan fingerprint density at radius 1 is 1.13 bits per heavy atom. The maximum atomic E-state index is 17.4. The Kier molecular flexibility index (Phi) is 6.29. The Morgan fingerprint density at radius 2 is 1.82 bits per heavy atom. The van der Waals surface area contributed by atoms with Crippen LogP contribution >= 0.6 is 0 Å². The third kappa shape index (κ3) is 3.72. The first-order valence-electron chi connectivity index (χ1n) is 13.3. The first kappa shape index (κ1) is 28.0. The van der Waals surface area contributed by atoms with E-state index < -0.39 is 101 Å². The average Bonchev–Trinajstić information content (AvgIpc) is 3.25. The normalized spacial score (nSPS) is 45.5. The highest BCUT2D eigenvalue weighted by Gasteiger charge is 2.80. The molecule has 11 heteroatoms. The number of aliphatic hydroxyl groups excluding tert-OH is 1. The molecule has 0 spiro atoms. The fourth-order valence-electron chi connectivity index (χ4n) is 8.34. The zero-order valence-corrected chi connectivity index (χ0v) is 22.4. The highest BCUT2D eigenvalue weighted by atomic mass is 19.1. The van der Waals surface area contributed by atoms with E-state index in [0.29, 0.717) is 0 Å². The minimum atomic E-state index is -2.33. The lowest BCUT2D eigenvalue weighted by Gasteiger charge is -2.63. The molecule has 0 aromatic rings. The Hall–Kier alpha value is -2.50. The van der Waals surface area contributed by atoms with E-state index in [9.17, 15) is 24.3 Å². The topological polar surface area (TPSA) is 136 Å². The lowest BCUT2D eigenvalue weighted by atomic mass is 9.44. The molecule has 2 N–H and O–H groups in total. The number of carbonyl (C=O) groups is 4. The highest BCUT2D eigenvalue weighted by molar-refractivity contribution is 6.01. The molecule has 4 aliphatic carbocycles. The average molecular weight is 553 g/mol. The molecular weight excluding hydrogens is 518 g/mol. The number of allylic oxidation sites excluding steroid dienone is 4. The van der Waals surface area contributed by atoms with Gasteiger partial charge in [-0.2, -0.15) is 0 Å². The molecule has 9 atom stereocenters. The predicted molar refractivity (Wildman–Crippen MR) is 130 cm³/mol. The lowest BCUT2D eigenvalue weighted by Crippen LogP contribution is -2.71. The maximum absolute atomic E-state index is 17.4. The zero-order valence-electron chi connectivity index (χ0n) is 22.4. The number of carboxylic acid groups (broad SMARTS) is 1. The van der Waals surface area contributed by atoms with Crippen LogP contribution in [0, 0.1) is 22.7 Å². The van der Waals surface area contributed by atoms with Crippen LogP contribution in [0.3, 0.4) is 0 Å². The number of aliphatic hydroxyl groups is 1. The number of esters is 1. The summed E-state index contributed by atoms with van der Waals surface area (Å²) in [6.07, 6.45) is -1.74. The number of hydrogen-bond donors (Lipinski definition) is 2. The van der Waals surface area contributed by atoms with Gasteiger partial charge in [-0.1, -0.05) is 13.0 Å². The van der Waals surface area contributed by atoms with Gasteiger partial charge in [0.1, 0.15) is 6.17 Å². The van der Waals surface area contributed by atoms with Crippen molar-refractivity contribution in [1.82, 2.24) is 0 Å². The Bertz CT molecular complexity index is 1200. The SMILES string of the molecule is CC1(C)O[C@@H]2CC3C4C[C@H](F)C5=CC(=O)C=C[C@]5(C)[C@@]4(F)[C@@H](O)C[C@]3(C)[C@]2(C(=O)COC(=O)CCC(=O)O)O1. The van der Waals surface area contributed by atoms with Crippen LogP contribution in [0.1, 0.15) is 59.8 Å². The van der Waals surface area contributed by atoms with Crippen molar-refractivity contribution in [2.75, 3.05) is 6.61 Å². The minimum absolute atomic E-state index is 0.00212. The van der Waals surface area contributed by atoms with Gasteiger partial charge >= 0.3 is 11.9 Å². The van der Waals surface area contributed by atoms with Crippen LogP contribution in [0.5, 0.6) is 0 Å². The van der Waals surface area contributed by atoms with Crippen LogP contribution in [0.25, 0.3) is 0 Å². The van der Waals surface area contributed by atoms with Crippen LogP contribution in [0.2, 0.25) is 0 Å². The third-order valence-corrected chi connectivity index (χ3v) is 9.94. The summed E-state index contributed by atoms with van der Waals surface area (Å²) in [5, 5.41) is 20.3. The van der Waals surface area contributed by atoms with Crippen LogP contribution in [0.15, 0.2) is 23.8 Å². The van der Waals surface area contributed by atoms with E-state index in [2.05, 4.69) is 0 Å². The number of carboxylic acids is 1. The molecule has 5 aliphatic rings. The second kappa shape index (κ2) is 8.75. The fourth-order valence-corrected chi connectivity index (χ4v) is 8.34. The summed E-state index contributed by atoms with van der Waals surface area (Å²) < 4.78 is 50.6. The molecule has 1 saturated heterocycles. The van der Waals surface area contributed by atoms with Crippen LogP contribution in [-0.4, -0.2) is 75.8 Å². The number of rotatable bonds is 6. The van der Waals surface area contributed by atoms with Crippen LogP contribution < -0.4 is 0 Å². The van der Waals surface area contributed by atoms with Gasteiger partial charge in [0.05, 0.1) is 25.0 Å². The highest BCUT2D eigenvalue weighted by Crippen LogP contribution is 2.72. The van der Waals surface area contributed by atoms with Crippen molar-refractivity contribution in [2.24, 2.45) is 22.7 Å². The number of aliphatic carboxylic acids is 1. The van der Waals surface area contributed by atoms with Crippen molar-refractivity contribution >= 4 is 23.5 Å². The maximum Gasteiger partial charge on any atom is 0.306 e. The van der Waals surface area contributed by atoms with E-state index >= 15 is 8.78 Å². The Balaban J connectivity index is 1.52. The van der Waals surface area contributed by atoms with Crippen LogP contribution in [-0.2, 0) is 33.4 Å². The number of fused-ring (bicyclic) bond motifs is 7. The van der Waals surface area contributed by atoms with Crippen molar-refractivity contribution < 1.29 is 52.4 Å². The summed E-state index contributed by atoms with van der Waals surface area (Å²) in [5.41, 5.74) is -6.84. The summed E-state index contributed by atoms with van der Waals surface area (Å²) in [6, 6.07) is 0. The van der Waals surface area contributed by atoms with Crippen molar-refractivity contribution in [3.63, 3.8) is 0 Å². The molecule has 214 valence electrons. The van der Waals surface area contributed by atoms with Crippen molar-refractivity contribution in [3.05, 3.63) is 23.8 Å². The quantitative estimate of drug-likeness (QED) is 0.477. The van der Waals surface area contributed by atoms with Gasteiger partial charge in [0.2, 0.25) is 5.78 Å². The molecule has 2 unspecified atom stereocenters. The van der Waals surface area contributed by atoms with Gasteiger partial charge in [-0.15, -0.1) is 0 Å². The smallest absolute Gasteiger partial charge is 0.306 e. The van der Waals surface area contributed by atoms with Crippen molar-refractivity contribution in [1.29, 1.82) is 0 Å². The molecule has 9 nitrogen and oxygen atoms in total. The van der Waals surface area contributed by atoms with E-state index in [-0.39, 0.29) is 24.8 Å². The first-order valence-corrected chi connectivity index (χ1v) is 13.3. The number of halogens is 2. The molecule has 5 rings (SSSR count). The third-order valence-electron chi connectivity index (χ3n) is 9.94. The summed E-state index contributed by atoms with van der Waals surface area (Å²) in [4.78, 5) is 48.8. The summed E-state index contributed by atoms with van der Waals surface area (Å²) in [6.45, 7) is 5.72. The number of ether oxygens (including phenoxy) is 3. The number of alkyl halides is 2. The second-order valence-electron chi connectivity index (χ2n) is 12.4. The van der Waals surface area contributed by atoms with Gasteiger partial charge in [-0.3, -0.25) is 19.2 Å². The van der Waals surface area contributed by atoms with Crippen molar-refractivity contribution in [2.45, 2.75) is 95.2 Å². The van der Waals surface area contributed by atoms with E-state index in [1.54, 1.807) is 20.8 Å². The predicted octanol–water partition coefficient (Wildman–Crippen LogP) is 2.78. The molecule has 3 saturated carbocycles. The molecule has 1 heterocycles. The summed E-state index contributed by atoms with van der Waals surface area (Å²) in [5.74, 6) is -6.06. The minimum Gasteiger partial charge on any atom is -0.481 e. The molecule has 0 radical (unpaired) electrons. The summed E-state index contributed by atoms with van der Waals surface area (Å²) in [7, 11) is 0. The molecule has 4 fully saturated rings. The first-order chi connectivity index (χ1) is 18.0. The molecule has 0 bridgehead atoms. The lowest BCUT2D eigenvalue weighted by molar-refractivity contribution is -0.249. The van der Waals surface area contributed by atoms with Gasteiger partial charge in [-0.25, -0.2) is 8.78 Å². The molecule has 0 amide bonds. The number of hydrogen-bond acceptors (Lipinski definition) is 8. The number of Topliss-reactive ketones (excluding diaryl/α,β-unsaturated/α-hetero) is 1. The molecular formula is C28H34F2O9. The van der Waals surface area contributed by atoms with Gasteiger partial charge in [0.15, 0.2) is 29.4 Å². The van der Waals surface area contributed by atoms with E-state index in [0.717, 1.165) is 6.08 Å². The second-order valence-corrected chi connectivity index (χ2v) is 12.4. The van der Waals surface area contributed by atoms with Gasteiger partial charge in [0, 0.05) is 16.7 Å². The van der Waals surface area contributed by atoms with E-state index in [4.69, 9.17) is 19.3 Å². The number of ketones is 2. The molecule has 0 aromatic heterocycles. The fraction of sp³-hybridized carbons (Fsp3) is 0.714. The van der Waals surface area contributed by atoms with Gasteiger partial charge in [0.25, 0.3) is 0 Å². The van der Waals surface area contributed by atoms with E-state index in [1.807, 2.05) is 0 Å². The molecule has 39 heavy (non-hydrogen) atoms. The molecule has 0 aromatic carbocycles. The summed E-state index contributed by atoms with van der Waals surface area (Å²) >= 11 is 0. The van der Waals surface area contributed by atoms with Gasteiger partial charge in [-0.05, 0) is 63.7 Å². The zero-order chi connectivity index (χ0) is 28.8. The van der Waals surface area contributed by atoms with Crippen molar-refractivity contribution in [3.8, 4) is 0 Å². The largest absolute Gasteiger partial charge is 0.481 e. The molecule has 1 aliphatic heterocycles. The van der Waals surface area contributed by atoms with Gasteiger partial charge < -0.3 is 24.4 Å².